The van der Waals surface area contributed by atoms with Crippen LogP contribution in [-0.2, 0) is 4.79 Å². The number of benzene rings is 1. The second kappa shape index (κ2) is 6.04. The van der Waals surface area contributed by atoms with Crippen LogP contribution in [0.25, 0.3) is 11.6 Å². The standard InChI is InChI=1S/C19H22O/c1-4-12-19(3)13-8-10-16(20)14-18(19)17-11-7-6-9-15(17)5-2/h4-7,9,11,14H,1-2,8,10,12-13H2,3H3/t19-/m1/s1. The van der Waals surface area contributed by atoms with Crippen molar-refractivity contribution in [3.63, 3.8) is 0 Å². The van der Waals surface area contributed by atoms with Gasteiger partial charge in [-0.15, -0.1) is 6.58 Å². The van der Waals surface area contributed by atoms with E-state index in [2.05, 4.69) is 26.1 Å². The lowest BCUT2D eigenvalue weighted by molar-refractivity contribution is -0.114. The van der Waals surface area contributed by atoms with Crippen molar-refractivity contribution in [3.8, 4) is 0 Å². The number of hydrogen-bond donors (Lipinski definition) is 0. The summed E-state index contributed by atoms with van der Waals surface area (Å²) in [5.41, 5.74) is 3.33. The molecule has 1 aliphatic rings. The number of ketones is 1. The molecule has 0 unspecified atom stereocenters. The Morgan fingerprint density at radius 3 is 2.75 bits per heavy atom. The SMILES string of the molecule is C=CC[C@]1(C)CCCC(=O)C=C1c1ccccc1C=C. The zero-order chi connectivity index (χ0) is 14.6. The van der Waals surface area contributed by atoms with Crippen molar-refractivity contribution in [2.75, 3.05) is 0 Å². The van der Waals surface area contributed by atoms with Crippen LogP contribution in [0.3, 0.4) is 0 Å². The molecule has 0 fully saturated rings. The van der Waals surface area contributed by atoms with Crippen LogP contribution in [0.15, 0.2) is 49.6 Å². The van der Waals surface area contributed by atoms with Crippen molar-refractivity contribution >= 4 is 17.4 Å². The number of allylic oxidation sites excluding steroid dienone is 3. The predicted molar refractivity (Wildman–Crippen MR) is 86.3 cm³/mol. The van der Waals surface area contributed by atoms with E-state index in [-0.39, 0.29) is 11.2 Å². The zero-order valence-corrected chi connectivity index (χ0v) is 12.2. The molecule has 2 rings (SSSR count). The van der Waals surface area contributed by atoms with Crippen molar-refractivity contribution in [3.05, 3.63) is 60.7 Å². The number of carbonyl (C=O) groups is 1. The van der Waals surface area contributed by atoms with Gasteiger partial charge in [-0.05, 0) is 47.5 Å². The average molecular weight is 266 g/mol. The fraction of sp³-hybridized carbons (Fsp3) is 0.316. The van der Waals surface area contributed by atoms with E-state index in [1.807, 2.05) is 36.4 Å². The lowest BCUT2D eigenvalue weighted by atomic mass is 9.72. The summed E-state index contributed by atoms with van der Waals surface area (Å²) in [4.78, 5) is 12.0. The Bertz CT molecular complexity index is 565. The molecule has 104 valence electrons. The summed E-state index contributed by atoms with van der Waals surface area (Å²) < 4.78 is 0. The summed E-state index contributed by atoms with van der Waals surface area (Å²) in [7, 11) is 0. The van der Waals surface area contributed by atoms with Crippen LogP contribution >= 0.6 is 0 Å². The fourth-order valence-corrected chi connectivity index (χ4v) is 3.05. The predicted octanol–water partition coefficient (Wildman–Crippen LogP) is 5.05. The lowest BCUT2D eigenvalue weighted by Gasteiger charge is -2.31. The molecule has 0 saturated heterocycles. The maximum atomic E-state index is 12.0. The molecule has 0 spiro atoms. The lowest BCUT2D eigenvalue weighted by Crippen LogP contribution is -2.17. The molecule has 0 heterocycles. The molecule has 0 amide bonds. The van der Waals surface area contributed by atoms with Crippen molar-refractivity contribution in [2.24, 2.45) is 5.41 Å². The van der Waals surface area contributed by atoms with Crippen LogP contribution in [0.1, 0.15) is 43.7 Å². The minimum Gasteiger partial charge on any atom is -0.295 e. The Morgan fingerprint density at radius 1 is 1.30 bits per heavy atom. The van der Waals surface area contributed by atoms with Crippen LogP contribution < -0.4 is 0 Å². The van der Waals surface area contributed by atoms with E-state index in [4.69, 9.17) is 0 Å². The van der Waals surface area contributed by atoms with Crippen LogP contribution in [0.4, 0.5) is 0 Å². The summed E-state index contributed by atoms with van der Waals surface area (Å²) in [6.45, 7) is 10.0. The molecule has 1 heteroatoms. The molecule has 0 aliphatic heterocycles. The Hall–Kier alpha value is -1.89. The first-order chi connectivity index (χ1) is 9.60. The minimum atomic E-state index is -0.0208. The van der Waals surface area contributed by atoms with Crippen LogP contribution in [0.2, 0.25) is 0 Å². The first-order valence-corrected chi connectivity index (χ1v) is 7.18. The maximum absolute atomic E-state index is 12.0. The third kappa shape index (κ3) is 2.82. The molecule has 1 nitrogen and oxygen atoms in total. The molecular formula is C19H22O. The van der Waals surface area contributed by atoms with Gasteiger partial charge in [0.25, 0.3) is 0 Å². The smallest absolute Gasteiger partial charge is 0.156 e. The number of hydrogen-bond acceptors (Lipinski definition) is 1. The Labute approximate surface area is 121 Å². The summed E-state index contributed by atoms with van der Waals surface area (Å²) in [5, 5.41) is 0. The Balaban J connectivity index is 2.60. The molecule has 1 aliphatic carbocycles. The normalized spacial score (nSPS) is 22.9. The first kappa shape index (κ1) is 14.5. The Morgan fingerprint density at radius 2 is 2.05 bits per heavy atom. The van der Waals surface area contributed by atoms with E-state index in [0.717, 1.165) is 36.0 Å². The van der Waals surface area contributed by atoms with E-state index in [9.17, 15) is 4.79 Å². The van der Waals surface area contributed by atoms with Gasteiger partial charge in [0.05, 0.1) is 0 Å². The van der Waals surface area contributed by atoms with Gasteiger partial charge in [0.2, 0.25) is 0 Å². The highest BCUT2D eigenvalue weighted by Crippen LogP contribution is 2.45. The van der Waals surface area contributed by atoms with E-state index >= 15 is 0 Å². The zero-order valence-electron chi connectivity index (χ0n) is 12.2. The molecule has 0 saturated carbocycles. The van der Waals surface area contributed by atoms with Crippen molar-refractivity contribution in [1.29, 1.82) is 0 Å². The Kier molecular flexibility index (Phi) is 4.39. The van der Waals surface area contributed by atoms with Crippen molar-refractivity contribution < 1.29 is 4.79 Å². The molecule has 1 atom stereocenters. The van der Waals surface area contributed by atoms with Gasteiger partial charge < -0.3 is 0 Å². The summed E-state index contributed by atoms with van der Waals surface area (Å²) in [6, 6.07) is 8.16. The van der Waals surface area contributed by atoms with Crippen LogP contribution in [-0.4, -0.2) is 5.78 Å². The van der Waals surface area contributed by atoms with E-state index in [1.54, 1.807) is 0 Å². The van der Waals surface area contributed by atoms with Gasteiger partial charge in [-0.2, -0.15) is 0 Å². The van der Waals surface area contributed by atoms with Gasteiger partial charge in [-0.3, -0.25) is 4.79 Å². The van der Waals surface area contributed by atoms with E-state index in [1.165, 1.54) is 0 Å². The van der Waals surface area contributed by atoms with Gasteiger partial charge in [-0.1, -0.05) is 49.9 Å². The third-order valence-electron chi connectivity index (χ3n) is 4.17. The van der Waals surface area contributed by atoms with Gasteiger partial charge in [-0.25, -0.2) is 0 Å². The quantitative estimate of drug-likeness (QED) is 0.697. The summed E-state index contributed by atoms with van der Waals surface area (Å²) in [6.07, 6.45) is 9.16. The van der Waals surface area contributed by atoms with Gasteiger partial charge >= 0.3 is 0 Å². The first-order valence-electron chi connectivity index (χ1n) is 7.18. The number of carbonyl (C=O) groups excluding carboxylic acids is 1. The van der Waals surface area contributed by atoms with Gasteiger partial charge in [0, 0.05) is 6.42 Å². The highest BCUT2D eigenvalue weighted by Gasteiger charge is 2.31. The highest BCUT2D eigenvalue weighted by molar-refractivity contribution is 5.99. The monoisotopic (exact) mass is 266 g/mol. The van der Waals surface area contributed by atoms with Crippen LogP contribution in [0.5, 0.6) is 0 Å². The van der Waals surface area contributed by atoms with Gasteiger partial charge in [0.15, 0.2) is 5.78 Å². The molecule has 0 radical (unpaired) electrons. The average Bonchev–Trinajstić information content (AvgIpc) is 2.58. The van der Waals surface area contributed by atoms with Crippen LogP contribution in [0, 0.1) is 5.41 Å². The second-order valence-electron chi connectivity index (χ2n) is 5.72. The summed E-state index contributed by atoms with van der Waals surface area (Å²) in [5.74, 6) is 0.228. The largest absolute Gasteiger partial charge is 0.295 e. The van der Waals surface area contributed by atoms with E-state index in [0.29, 0.717) is 6.42 Å². The molecule has 1 aromatic rings. The molecular weight excluding hydrogens is 244 g/mol. The number of rotatable bonds is 4. The highest BCUT2D eigenvalue weighted by atomic mass is 16.1. The van der Waals surface area contributed by atoms with Crippen molar-refractivity contribution in [1.82, 2.24) is 0 Å². The van der Waals surface area contributed by atoms with E-state index < -0.39 is 0 Å². The molecule has 1 aromatic carbocycles. The molecule has 0 aromatic heterocycles. The molecule has 20 heavy (non-hydrogen) atoms. The van der Waals surface area contributed by atoms with Crippen molar-refractivity contribution in [2.45, 2.75) is 32.6 Å². The third-order valence-corrected chi connectivity index (χ3v) is 4.17. The molecule has 0 bridgehead atoms. The minimum absolute atomic E-state index is 0.0208. The fourth-order valence-electron chi connectivity index (χ4n) is 3.05. The topological polar surface area (TPSA) is 17.1 Å². The van der Waals surface area contributed by atoms with Gasteiger partial charge in [0.1, 0.15) is 0 Å². The second-order valence-corrected chi connectivity index (χ2v) is 5.72. The maximum Gasteiger partial charge on any atom is 0.156 e. The molecule has 0 N–H and O–H groups in total. The summed E-state index contributed by atoms with van der Waals surface area (Å²) >= 11 is 0.